The average molecular weight is 466 g/mol. The fourth-order valence-electron chi connectivity index (χ4n) is 3.06. The first-order chi connectivity index (χ1) is 15.7. The first-order valence-electron chi connectivity index (χ1n) is 10.2. The first-order valence-corrected chi connectivity index (χ1v) is 12.1. The van der Waals surface area contributed by atoms with E-state index in [9.17, 15) is 4.79 Å². The minimum atomic E-state index is -0.132. The molecule has 1 amide bonds. The van der Waals surface area contributed by atoms with Crippen LogP contribution < -0.4 is 10.1 Å². The summed E-state index contributed by atoms with van der Waals surface area (Å²) in [5.74, 6) is 1.95. The highest BCUT2D eigenvalue weighted by molar-refractivity contribution is 7.98. The molecule has 0 saturated heterocycles. The van der Waals surface area contributed by atoms with E-state index in [1.165, 1.54) is 23.1 Å². The average Bonchev–Trinajstić information content (AvgIpc) is 3.49. The molecule has 2 aromatic carbocycles. The quantitative estimate of drug-likeness (QED) is 0.357. The van der Waals surface area contributed by atoms with Crippen molar-refractivity contribution in [3.8, 4) is 22.8 Å². The van der Waals surface area contributed by atoms with E-state index in [0.29, 0.717) is 18.0 Å². The van der Waals surface area contributed by atoms with Crippen LogP contribution in [0.15, 0.2) is 65.1 Å². The number of thiazole rings is 1. The molecular formula is C23H23N5O2S2. The van der Waals surface area contributed by atoms with Crippen molar-refractivity contribution in [3.05, 3.63) is 70.7 Å². The molecule has 0 bridgehead atoms. The number of benzene rings is 2. The second-order valence-electron chi connectivity index (χ2n) is 6.88. The third kappa shape index (κ3) is 5.00. The van der Waals surface area contributed by atoms with Crippen LogP contribution in [0.5, 0.6) is 5.75 Å². The van der Waals surface area contributed by atoms with Crippen LogP contribution in [0.3, 0.4) is 0 Å². The lowest BCUT2D eigenvalue weighted by Gasteiger charge is -2.10. The van der Waals surface area contributed by atoms with Gasteiger partial charge in [-0.05, 0) is 30.7 Å². The molecule has 7 nitrogen and oxygen atoms in total. The van der Waals surface area contributed by atoms with Gasteiger partial charge < -0.3 is 10.1 Å². The Labute approximate surface area is 194 Å². The van der Waals surface area contributed by atoms with Crippen LogP contribution in [0, 0.1) is 0 Å². The molecule has 0 aliphatic rings. The number of para-hydroxylation sites is 1. The van der Waals surface area contributed by atoms with Crippen LogP contribution in [-0.2, 0) is 5.75 Å². The zero-order valence-electron chi connectivity index (χ0n) is 17.8. The normalized spacial score (nSPS) is 10.8. The van der Waals surface area contributed by atoms with Crippen molar-refractivity contribution < 1.29 is 9.53 Å². The SMILES string of the molecule is CCCNC(=O)c1csc(CSc2nnc(-c3cccc(OC)c3)n2-c2ccccc2)n1. The largest absolute Gasteiger partial charge is 0.497 e. The van der Waals surface area contributed by atoms with Crippen molar-refractivity contribution in [2.45, 2.75) is 24.3 Å². The summed E-state index contributed by atoms with van der Waals surface area (Å²) in [6.45, 7) is 2.67. The molecule has 0 aliphatic carbocycles. The van der Waals surface area contributed by atoms with Gasteiger partial charge in [0, 0.05) is 23.2 Å². The molecule has 2 heterocycles. The van der Waals surface area contributed by atoms with Crippen LogP contribution in [0.4, 0.5) is 0 Å². The van der Waals surface area contributed by atoms with Gasteiger partial charge in [0.15, 0.2) is 11.0 Å². The summed E-state index contributed by atoms with van der Waals surface area (Å²) < 4.78 is 7.41. The van der Waals surface area contributed by atoms with Crippen LogP contribution in [0.25, 0.3) is 17.1 Å². The third-order valence-corrected chi connectivity index (χ3v) is 6.59. The number of nitrogens with one attached hydrogen (secondary N) is 1. The number of aromatic nitrogens is 4. The molecule has 164 valence electrons. The van der Waals surface area contributed by atoms with Gasteiger partial charge in [0.1, 0.15) is 16.5 Å². The summed E-state index contributed by atoms with van der Waals surface area (Å²) in [6.07, 6.45) is 0.892. The number of amides is 1. The first kappa shape index (κ1) is 22.0. The molecule has 9 heteroatoms. The fraction of sp³-hybridized carbons (Fsp3) is 0.217. The predicted octanol–water partition coefficient (Wildman–Crippen LogP) is 4.83. The molecule has 4 rings (SSSR count). The van der Waals surface area contributed by atoms with Gasteiger partial charge in [-0.2, -0.15) is 0 Å². The van der Waals surface area contributed by atoms with Crippen molar-refractivity contribution in [1.82, 2.24) is 25.1 Å². The predicted molar refractivity (Wildman–Crippen MR) is 128 cm³/mol. The maximum absolute atomic E-state index is 12.1. The monoisotopic (exact) mass is 465 g/mol. The Kier molecular flexibility index (Phi) is 7.18. The van der Waals surface area contributed by atoms with Gasteiger partial charge >= 0.3 is 0 Å². The number of hydrogen-bond donors (Lipinski definition) is 1. The van der Waals surface area contributed by atoms with E-state index in [2.05, 4.69) is 20.5 Å². The smallest absolute Gasteiger partial charge is 0.270 e. The topological polar surface area (TPSA) is 81.9 Å². The van der Waals surface area contributed by atoms with Gasteiger partial charge in [-0.25, -0.2) is 4.98 Å². The van der Waals surface area contributed by atoms with Crippen molar-refractivity contribution in [1.29, 1.82) is 0 Å². The summed E-state index contributed by atoms with van der Waals surface area (Å²) in [4.78, 5) is 16.6. The van der Waals surface area contributed by atoms with Gasteiger partial charge in [0.25, 0.3) is 5.91 Å². The van der Waals surface area contributed by atoms with Crippen LogP contribution in [0.2, 0.25) is 0 Å². The summed E-state index contributed by atoms with van der Waals surface area (Å²) in [6, 6.07) is 17.8. The molecule has 4 aromatic rings. The van der Waals surface area contributed by atoms with E-state index in [-0.39, 0.29) is 5.91 Å². The molecule has 32 heavy (non-hydrogen) atoms. The van der Waals surface area contributed by atoms with Crippen LogP contribution in [-0.4, -0.2) is 39.3 Å². The molecule has 0 aliphatic heterocycles. The molecule has 0 saturated carbocycles. The summed E-state index contributed by atoms with van der Waals surface area (Å²) in [5.41, 5.74) is 2.34. The molecule has 0 spiro atoms. The Morgan fingerprint density at radius 1 is 1.16 bits per heavy atom. The fourth-order valence-corrected chi connectivity index (χ4v) is 4.80. The maximum atomic E-state index is 12.1. The Morgan fingerprint density at radius 2 is 2.00 bits per heavy atom. The Morgan fingerprint density at radius 3 is 2.78 bits per heavy atom. The van der Waals surface area contributed by atoms with Crippen molar-refractivity contribution in [3.63, 3.8) is 0 Å². The number of carbonyl (C=O) groups is 1. The summed E-state index contributed by atoms with van der Waals surface area (Å²) in [7, 11) is 1.65. The van der Waals surface area contributed by atoms with E-state index in [0.717, 1.165) is 39.4 Å². The van der Waals surface area contributed by atoms with E-state index < -0.39 is 0 Å². The number of hydrogen-bond acceptors (Lipinski definition) is 7. The molecule has 0 fully saturated rings. The summed E-state index contributed by atoms with van der Waals surface area (Å²) in [5, 5.41) is 15.2. The Hall–Kier alpha value is -3.17. The van der Waals surface area contributed by atoms with E-state index in [4.69, 9.17) is 4.74 Å². The number of carbonyl (C=O) groups excluding carboxylic acids is 1. The Balaban J connectivity index is 1.60. The lowest BCUT2D eigenvalue weighted by atomic mass is 10.2. The second kappa shape index (κ2) is 10.4. The minimum Gasteiger partial charge on any atom is -0.497 e. The van der Waals surface area contributed by atoms with E-state index in [1.54, 1.807) is 12.5 Å². The maximum Gasteiger partial charge on any atom is 0.270 e. The second-order valence-corrected chi connectivity index (χ2v) is 8.77. The van der Waals surface area contributed by atoms with Crippen molar-refractivity contribution in [2.75, 3.05) is 13.7 Å². The minimum absolute atomic E-state index is 0.132. The molecular weight excluding hydrogens is 442 g/mol. The molecule has 1 N–H and O–H groups in total. The zero-order chi connectivity index (χ0) is 22.3. The van der Waals surface area contributed by atoms with Gasteiger partial charge in [-0.15, -0.1) is 21.5 Å². The number of methoxy groups -OCH3 is 1. The molecule has 2 aromatic heterocycles. The van der Waals surface area contributed by atoms with Crippen molar-refractivity contribution in [2.24, 2.45) is 0 Å². The highest BCUT2D eigenvalue weighted by Gasteiger charge is 2.18. The number of thioether (sulfide) groups is 1. The lowest BCUT2D eigenvalue weighted by molar-refractivity contribution is 0.0949. The Bertz CT molecular complexity index is 1190. The third-order valence-electron chi connectivity index (χ3n) is 4.62. The number of rotatable bonds is 9. The molecule has 0 unspecified atom stereocenters. The van der Waals surface area contributed by atoms with Gasteiger partial charge in [0.05, 0.1) is 12.9 Å². The van der Waals surface area contributed by atoms with E-state index in [1.807, 2.05) is 66.1 Å². The number of ether oxygens (including phenoxy) is 1. The van der Waals surface area contributed by atoms with Gasteiger partial charge in [-0.1, -0.05) is 49.0 Å². The standard InChI is InChI=1S/C23H23N5O2S2/c1-3-12-24-22(29)19-14-31-20(25-19)15-32-23-27-26-21(16-8-7-11-18(13-16)30-2)28(23)17-9-5-4-6-10-17/h4-11,13-14H,3,12,15H2,1-2H3,(H,24,29). The highest BCUT2D eigenvalue weighted by atomic mass is 32.2. The summed E-state index contributed by atoms with van der Waals surface area (Å²) >= 11 is 3.01. The van der Waals surface area contributed by atoms with Crippen molar-refractivity contribution >= 4 is 29.0 Å². The lowest BCUT2D eigenvalue weighted by Crippen LogP contribution is -2.24. The number of nitrogens with zero attached hydrogens (tertiary/aromatic N) is 4. The van der Waals surface area contributed by atoms with Crippen LogP contribution in [0.1, 0.15) is 28.8 Å². The van der Waals surface area contributed by atoms with E-state index >= 15 is 0 Å². The van der Waals surface area contributed by atoms with Gasteiger partial charge in [-0.3, -0.25) is 9.36 Å². The zero-order valence-corrected chi connectivity index (χ0v) is 19.4. The molecule has 0 radical (unpaired) electrons. The highest BCUT2D eigenvalue weighted by Crippen LogP contribution is 2.31. The van der Waals surface area contributed by atoms with Crippen LogP contribution >= 0.6 is 23.1 Å². The molecule has 0 atom stereocenters. The van der Waals surface area contributed by atoms with Gasteiger partial charge in [0.2, 0.25) is 0 Å².